The van der Waals surface area contributed by atoms with Crippen LogP contribution in [-0.4, -0.2) is 9.97 Å². The van der Waals surface area contributed by atoms with Crippen LogP contribution in [-0.2, 0) is 19.5 Å². The zero-order valence-electron chi connectivity index (χ0n) is 7.58. The molecular weight excluding hydrogens is 162 g/mol. The van der Waals surface area contributed by atoms with E-state index < -0.39 is 0 Å². The van der Waals surface area contributed by atoms with E-state index in [2.05, 4.69) is 15.3 Å². The van der Waals surface area contributed by atoms with Gasteiger partial charge in [-0.3, -0.25) is 0 Å². The quantitative estimate of drug-likeness (QED) is 0.729. The summed E-state index contributed by atoms with van der Waals surface area (Å²) in [6.07, 6.45) is 5.82. The Labute approximate surface area is 77.6 Å². The summed E-state index contributed by atoms with van der Waals surface area (Å²) in [6.45, 7) is 1.87. The third-order valence-corrected chi connectivity index (χ3v) is 2.78. The van der Waals surface area contributed by atoms with E-state index in [1.165, 1.54) is 24.1 Å². The van der Waals surface area contributed by atoms with Gasteiger partial charge in [0.1, 0.15) is 5.82 Å². The maximum absolute atomic E-state index is 4.56. The van der Waals surface area contributed by atoms with Gasteiger partial charge in [-0.15, -0.1) is 0 Å². The number of nitrogens with zero attached hydrogens (tertiary/aromatic N) is 2. The second kappa shape index (κ2) is 2.77. The van der Waals surface area contributed by atoms with Gasteiger partial charge >= 0.3 is 0 Å². The fourth-order valence-corrected chi connectivity index (χ4v) is 1.78. The van der Waals surface area contributed by atoms with E-state index in [1.54, 1.807) is 0 Å². The van der Waals surface area contributed by atoms with Crippen LogP contribution in [0.25, 0.3) is 0 Å². The molecule has 1 aliphatic carbocycles. The maximum atomic E-state index is 4.56. The van der Waals surface area contributed by atoms with E-state index in [-0.39, 0.29) is 0 Å². The van der Waals surface area contributed by atoms with E-state index in [4.69, 9.17) is 0 Å². The van der Waals surface area contributed by atoms with Crippen molar-refractivity contribution in [2.24, 2.45) is 5.92 Å². The molecule has 1 aliphatic heterocycles. The molecule has 0 radical (unpaired) electrons. The summed E-state index contributed by atoms with van der Waals surface area (Å²) in [7, 11) is 0. The van der Waals surface area contributed by atoms with Gasteiger partial charge < -0.3 is 5.32 Å². The molecule has 3 heteroatoms. The normalized spacial score (nSPS) is 20.3. The van der Waals surface area contributed by atoms with E-state index in [9.17, 15) is 0 Å². The molecular formula is C10H13N3. The van der Waals surface area contributed by atoms with Gasteiger partial charge in [-0.1, -0.05) is 0 Å². The minimum atomic E-state index is 0.882. The number of aromatic nitrogens is 2. The van der Waals surface area contributed by atoms with Crippen molar-refractivity contribution in [1.29, 1.82) is 0 Å². The van der Waals surface area contributed by atoms with Crippen LogP contribution in [0.5, 0.6) is 0 Å². The van der Waals surface area contributed by atoms with Crippen LogP contribution >= 0.6 is 0 Å². The average molecular weight is 175 g/mol. The van der Waals surface area contributed by atoms with Crippen LogP contribution < -0.4 is 5.32 Å². The molecule has 1 aromatic heterocycles. The Bertz CT molecular complexity index is 331. The second-order valence-electron chi connectivity index (χ2n) is 4.01. The summed E-state index contributed by atoms with van der Waals surface area (Å²) in [6, 6.07) is 0. The molecule has 0 atom stereocenters. The lowest BCUT2D eigenvalue weighted by Gasteiger charge is -2.00. The molecule has 0 aromatic carbocycles. The van der Waals surface area contributed by atoms with Gasteiger partial charge in [0.25, 0.3) is 0 Å². The first-order chi connectivity index (χ1) is 6.42. The summed E-state index contributed by atoms with van der Waals surface area (Å²) in [5.41, 5.74) is 2.49. The number of fused-ring (bicyclic) bond motifs is 1. The summed E-state index contributed by atoms with van der Waals surface area (Å²) in [4.78, 5) is 8.94. The van der Waals surface area contributed by atoms with Crippen molar-refractivity contribution in [2.45, 2.75) is 32.4 Å². The highest BCUT2D eigenvalue weighted by Crippen LogP contribution is 2.31. The largest absolute Gasteiger partial charge is 0.307 e. The molecule has 0 spiro atoms. The SMILES string of the molecule is c1nc(CC2CC2)nc2c1CNC2. The minimum absolute atomic E-state index is 0.882. The Balaban J connectivity index is 1.86. The minimum Gasteiger partial charge on any atom is -0.307 e. The van der Waals surface area contributed by atoms with Crippen LogP contribution in [0, 0.1) is 5.92 Å². The molecule has 1 fully saturated rings. The van der Waals surface area contributed by atoms with Gasteiger partial charge in [0.15, 0.2) is 0 Å². The van der Waals surface area contributed by atoms with Crippen LogP contribution in [0.1, 0.15) is 29.9 Å². The lowest BCUT2D eigenvalue weighted by atomic mass is 10.2. The predicted molar refractivity (Wildman–Crippen MR) is 49.0 cm³/mol. The Morgan fingerprint density at radius 1 is 1.38 bits per heavy atom. The summed E-state index contributed by atoms with van der Waals surface area (Å²) in [5, 5.41) is 3.28. The van der Waals surface area contributed by atoms with E-state index in [0.29, 0.717) is 0 Å². The summed E-state index contributed by atoms with van der Waals surface area (Å²) >= 11 is 0. The van der Waals surface area contributed by atoms with Gasteiger partial charge in [0.05, 0.1) is 5.69 Å². The lowest BCUT2D eigenvalue weighted by Crippen LogP contribution is -2.01. The Hall–Kier alpha value is -0.960. The second-order valence-corrected chi connectivity index (χ2v) is 4.01. The van der Waals surface area contributed by atoms with Gasteiger partial charge in [-0.25, -0.2) is 9.97 Å². The Morgan fingerprint density at radius 3 is 3.15 bits per heavy atom. The molecule has 3 rings (SSSR count). The van der Waals surface area contributed by atoms with Crippen LogP contribution in [0.15, 0.2) is 6.20 Å². The molecule has 3 nitrogen and oxygen atoms in total. The predicted octanol–water partition coefficient (Wildman–Crippen LogP) is 1.03. The molecule has 13 heavy (non-hydrogen) atoms. The van der Waals surface area contributed by atoms with E-state index in [0.717, 1.165) is 31.3 Å². The molecule has 68 valence electrons. The van der Waals surface area contributed by atoms with Crippen molar-refractivity contribution in [3.05, 3.63) is 23.3 Å². The zero-order chi connectivity index (χ0) is 8.67. The first kappa shape index (κ1) is 7.44. The Kier molecular flexibility index (Phi) is 1.59. The lowest BCUT2D eigenvalue weighted by molar-refractivity contribution is 0.742. The average Bonchev–Trinajstić information content (AvgIpc) is 2.83. The zero-order valence-corrected chi connectivity index (χ0v) is 7.58. The number of hydrogen-bond donors (Lipinski definition) is 1. The van der Waals surface area contributed by atoms with E-state index in [1.807, 2.05) is 6.20 Å². The van der Waals surface area contributed by atoms with Crippen LogP contribution in [0.4, 0.5) is 0 Å². The topological polar surface area (TPSA) is 37.8 Å². The number of hydrogen-bond acceptors (Lipinski definition) is 3. The molecule has 0 saturated heterocycles. The van der Waals surface area contributed by atoms with Crippen molar-refractivity contribution in [1.82, 2.24) is 15.3 Å². The van der Waals surface area contributed by atoms with Crippen molar-refractivity contribution < 1.29 is 0 Å². The highest BCUT2D eigenvalue weighted by atomic mass is 15.0. The molecule has 0 unspecified atom stereocenters. The van der Waals surface area contributed by atoms with Crippen molar-refractivity contribution >= 4 is 0 Å². The molecule has 2 heterocycles. The van der Waals surface area contributed by atoms with Gasteiger partial charge in [-0.2, -0.15) is 0 Å². The van der Waals surface area contributed by atoms with Gasteiger partial charge in [0, 0.05) is 31.3 Å². The first-order valence-electron chi connectivity index (χ1n) is 4.96. The molecule has 0 bridgehead atoms. The third kappa shape index (κ3) is 1.44. The number of nitrogens with one attached hydrogen (secondary N) is 1. The van der Waals surface area contributed by atoms with Crippen molar-refractivity contribution in [2.75, 3.05) is 0 Å². The van der Waals surface area contributed by atoms with Gasteiger partial charge in [0.2, 0.25) is 0 Å². The molecule has 2 aliphatic rings. The molecule has 1 saturated carbocycles. The van der Waals surface area contributed by atoms with Crippen LogP contribution in [0.2, 0.25) is 0 Å². The highest BCUT2D eigenvalue weighted by molar-refractivity contribution is 5.21. The first-order valence-corrected chi connectivity index (χ1v) is 4.96. The standard InChI is InChI=1S/C10H13N3/c1-2-7(1)3-10-12-5-8-4-11-6-9(8)13-10/h5,7,11H,1-4,6H2. The summed E-state index contributed by atoms with van der Waals surface area (Å²) in [5.74, 6) is 1.93. The van der Waals surface area contributed by atoms with Crippen molar-refractivity contribution in [3.8, 4) is 0 Å². The van der Waals surface area contributed by atoms with Gasteiger partial charge in [-0.05, 0) is 18.8 Å². The van der Waals surface area contributed by atoms with E-state index >= 15 is 0 Å². The highest BCUT2D eigenvalue weighted by Gasteiger charge is 2.23. The summed E-state index contributed by atoms with van der Waals surface area (Å²) < 4.78 is 0. The third-order valence-electron chi connectivity index (χ3n) is 2.78. The van der Waals surface area contributed by atoms with Crippen molar-refractivity contribution in [3.63, 3.8) is 0 Å². The monoisotopic (exact) mass is 175 g/mol. The smallest absolute Gasteiger partial charge is 0.128 e. The Morgan fingerprint density at radius 2 is 2.31 bits per heavy atom. The fourth-order valence-electron chi connectivity index (χ4n) is 1.78. The fraction of sp³-hybridized carbons (Fsp3) is 0.600. The molecule has 1 aromatic rings. The molecule has 1 N–H and O–H groups in total. The van der Waals surface area contributed by atoms with Crippen LogP contribution in [0.3, 0.4) is 0 Å². The number of rotatable bonds is 2. The molecule has 0 amide bonds. The maximum Gasteiger partial charge on any atom is 0.128 e.